The monoisotopic (exact) mass is 299 g/mol. The minimum atomic E-state index is -0.808. The summed E-state index contributed by atoms with van der Waals surface area (Å²) in [6.07, 6.45) is -0.370. The third-order valence-electron chi connectivity index (χ3n) is 2.39. The molecule has 7 heteroatoms. The average Bonchev–Trinajstić information content (AvgIpc) is 2.35. The summed E-state index contributed by atoms with van der Waals surface area (Å²) in [7, 11) is 2.51. The van der Waals surface area contributed by atoms with E-state index in [0.29, 0.717) is 6.29 Å². The van der Waals surface area contributed by atoms with Crippen LogP contribution in [0.2, 0.25) is 0 Å². The summed E-state index contributed by atoms with van der Waals surface area (Å²) < 4.78 is 28.8. The number of nitrogens with one attached hydrogen (secondary N) is 1. The number of benzene rings is 1. The number of hydrogen-bond donors (Lipinski definition) is 1. The van der Waals surface area contributed by atoms with Crippen molar-refractivity contribution in [3.05, 3.63) is 17.4 Å². The summed E-state index contributed by atoms with van der Waals surface area (Å²) in [5.41, 5.74) is -0.823. The summed E-state index contributed by atoms with van der Waals surface area (Å²) in [6, 6.07) is 0.967. The third kappa shape index (κ3) is 4.08. The number of halogens is 1. The molecule has 1 aromatic rings. The van der Waals surface area contributed by atoms with E-state index in [1.807, 2.05) is 0 Å². The summed E-state index contributed by atoms with van der Waals surface area (Å²) in [5, 5.41) is 2.32. The van der Waals surface area contributed by atoms with Gasteiger partial charge in [0.25, 0.3) is 0 Å². The first kappa shape index (κ1) is 16.7. The topological polar surface area (TPSA) is 73.9 Å². The van der Waals surface area contributed by atoms with Gasteiger partial charge in [-0.25, -0.2) is 9.18 Å². The molecule has 0 aromatic heterocycles. The molecule has 0 bridgehead atoms. The van der Waals surface area contributed by atoms with Crippen LogP contribution in [0.1, 0.15) is 31.1 Å². The van der Waals surface area contributed by atoms with Crippen molar-refractivity contribution in [3.63, 3.8) is 0 Å². The molecule has 0 heterocycles. The second-order valence-electron chi connectivity index (χ2n) is 5.13. The van der Waals surface area contributed by atoms with Crippen LogP contribution in [0.25, 0.3) is 0 Å². The second kappa shape index (κ2) is 6.43. The quantitative estimate of drug-likeness (QED) is 0.865. The van der Waals surface area contributed by atoms with Gasteiger partial charge >= 0.3 is 6.09 Å². The molecule has 0 unspecified atom stereocenters. The number of ether oxygens (including phenoxy) is 3. The first-order chi connectivity index (χ1) is 9.73. The third-order valence-corrected chi connectivity index (χ3v) is 2.39. The highest BCUT2D eigenvalue weighted by molar-refractivity contribution is 5.96. The van der Waals surface area contributed by atoms with Crippen molar-refractivity contribution in [2.45, 2.75) is 26.4 Å². The Bertz CT molecular complexity index is 551. The molecule has 1 aromatic carbocycles. The predicted molar refractivity (Wildman–Crippen MR) is 74.7 cm³/mol. The van der Waals surface area contributed by atoms with Crippen LogP contribution in [0.3, 0.4) is 0 Å². The van der Waals surface area contributed by atoms with Gasteiger partial charge in [0.05, 0.1) is 25.5 Å². The smallest absolute Gasteiger partial charge is 0.412 e. The highest BCUT2D eigenvalue weighted by atomic mass is 19.1. The zero-order chi connectivity index (χ0) is 16.2. The molecule has 1 amide bonds. The van der Waals surface area contributed by atoms with E-state index >= 15 is 0 Å². The number of anilines is 1. The molecule has 1 rings (SSSR count). The summed E-state index contributed by atoms with van der Waals surface area (Å²) in [4.78, 5) is 22.9. The molecule has 0 radical (unpaired) electrons. The second-order valence-corrected chi connectivity index (χ2v) is 5.13. The van der Waals surface area contributed by atoms with Gasteiger partial charge in [0.1, 0.15) is 5.60 Å². The van der Waals surface area contributed by atoms with Crippen LogP contribution in [-0.2, 0) is 4.74 Å². The molecule has 1 N–H and O–H groups in total. The fourth-order valence-corrected chi connectivity index (χ4v) is 1.65. The van der Waals surface area contributed by atoms with E-state index in [-0.39, 0.29) is 22.7 Å². The Balaban J connectivity index is 3.22. The molecule has 0 aliphatic rings. The van der Waals surface area contributed by atoms with Gasteiger partial charge in [0, 0.05) is 6.07 Å². The molecular weight excluding hydrogens is 281 g/mol. The fourth-order valence-electron chi connectivity index (χ4n) is 1.65. The molecule has 0 fully saturated rings. The van der Waals surface area contributed by atoms with Crippen LogP contribution in [-0.4, -0.2) is 32.2 Å². The largest absolute Gasteiger partial charge is 0.492 e. The highest BCUT2D eigenvalue weighted by Gasteiger charge is 2.23. The zero-order valence-electron chi connectivity index (χ0n) is 12.6. The van der Waals surface area contributed by atoms with E-state index in [4.69, 9.17) is 14.2 Å². The number of hydrogen-bond acceptors (Lipinski definition) is 5. The number of carbonyl (C=O) groups excluding carboxylic acids is 2. The molecule has 116 valence electrons. The molecule has 0 aliphatic carbocycles. The van der Waals surface area contributed by atoms with Gasteiger partial charge in [-0.05, 0) is 20.8 Å². The van der Waals surface area contributed by atoms with Gasteiger partial charge in [0.2, 0.25) is 0 Å². The Hall–Kier alpha value is -2.31. The lowest BCUT2D eigenvalue weighted by molar-refractivity contribution is 0.0636. The number of aldehydes is 1. The van der Waals surface area contributed by atoms with Crippen molar-refractivity contribution in [3.8, 4) is 11.5 Å². The van der Waals surface area contributed by atoms with Crippen LogP contribution >= 0.6 is 0 Å². The lowest BCUT2D eigenvalue weighted by atomic mass is 10.1. The average molecular weight is 299 g/mol. The first-order valence-corrected chi connectivity index (χ1v) is 6.13. The van der Waals surface area contributed by atoms with Gasteiger partial charge in [-0.2, -0.15) is 0 Å². The molecule has 6 nitrogen and oxygen atoms in total. The summed E-state index contributed by atoms with van der Waals surface area (Å²) in [5.74, 6) is -1.08. The van der Waals surface area contributed by atoms with Crippen molar-refractivity contribution in [2.24, 2.45) is 0 Å². The summed E-state index contributed by atoms with van der Waals surface area (Å²) >= 11 is 0. The van der Waals surface area contributed by atoms with Gasteiger partial charge in [-0.15, -0.1) is 0 Å². The van der Waals surface area contributed by atoms with Crippen molar-refractivity contribution in [1.29, 1.82) is 0 Å². The van der Waals surface area contributed by atoms with Gasteiger partial charge < -0.3 is 14.2 Å². The number of carbonyl (C=O) groups is 2. The first-order valence-electron chi connectivity index (χ1n) is 6.13. The SMILES string of the molecule is COc1c(F)cc(NC(=O)OC(C)(C)C)c(C=O)c1OC. The lowest BCUT2D eigenvalue weighted by Crippen LogP contribution is -2.27. The maximum absolute atomic E-state index is 13.9. The highest BCUT2D eigenvalue weighted by Crippen LogP contribution is 2.37. The van der Waals surface area contributed by atoms with Crippen LogP contribution in [0.5, 0.6) is 11.5 Å². The minimum Gasteiger partial charge on any atom is -0.492 e. The summed E-state index contributed by atoms with van der Waals surface area (Å²) in [6.45, 7) is 5.05. The minimum absolute atomic E-state index is 0.0402. The lowest BCUT2D eigenvalue weighted by Gasteiger charge is -2.21. The standard InChI is InChI=1S/C14H18FNO5/c1-14(2,3)21-13(18)16-10-6-9(15)12(20-5)11(19-4)8(10)7-17/h6-7H,1-5H3,(H,16,18). The number of amides is 1. The van der Waals surface area contributed by atoms with Crippen LogP contribution in [0, 0.1) is 5.82 Å². The number of methoxy groups -OCH3 is 2. The van der Waals surface area contributed by atoms with Gasteiger partial charge in [-0.1, -0.05) is 0 Å². The molecule has 0 saturated heterocycles. The van der Waals surface area contributed by atoms with E-state index in [1.54, 1.807) is 20.8 Å². The van der Waals surface area contributed by atoms with Crippen molar-refractivity contribution < 1.29 is 28.2 Å². The molecular formula is C14H18FNO5. The molecule has 0 spiro atoms. The number of rotatable bonds is 4. The Kier molecular flexibility index (Phi) is 5.12. The van der Waals surface area contributed by atoms with E-state index in [1.165, 1.54) is 14.2 Å². The van der Waals surface area contributed by atoms with Crippen LogP contribution in [0.4, 0.5) is 14.9 Å². The van der Waals surface area contributed by atoms with E-state index in [9.17, 15) is 14.0 Å². The van der Waals surface area contributed by atoms with Crippen molar-refractivity contribution in [1.82, 2.24) is 0 Å². The Morgan fingerprint density at radius 1 is 1.24 bits per heavy atom. The predicted octanol–water partition coefficient (Wildman–Crippen LogP) is 3.00. The molecule has 0 aliphatic heterocycles. The molecule has 0 saturated carbocycles. The zero-order valence-corrected chi connectivity index (χ0v) is 12.6. The van der Waals surface area contributed by atoms with Crippen molar-refractivity contribution >= 4 is 18.1 Å². The molecule has 0 atom stereocenters. The maximum Gasteiger partial charge on any atom is 0.412 e. The fraction of sp³-hybridized carbons (Fsp3) is 0.429. The Morgan fingerprint density at radius 3 is 2.24 bits per heavy atom. The Morgan fingerprint density at radius 2 is 1.81 bits per heavy atom. The molecule has 21 heavy (non-hydrogen) atoms. The normalized spacial score (nSPS) is 10.8. The maximum atomic E-state index is 13.9. The van der Waals surface area contributed by atoms with Gasteiger partial charge in [-0.3, -0.25) is 10.1 Å². The van der Waals surface area contributed by atoms with Crippen LogP contribution in [0.15, 0.2) is 6.07 Å². The van der Waals surface area contributed by atoms with Crippen LogP contribution < -0.4 is 14.8 Å². The van der Waals surface area contributed by atoms with E-state index in [0.717, 1.165) is 6.07 Å². The van der Waals surface area contributed by atoms with Crippen molar-refractivity contribution in [2.75, 3.05) is 19.5 Å². The van der Waals surface area contributed by atoms with E-state index in [2.05, 4.69) is 5.32 Å². The Labute approximate surface area is 122 Å². The van der Waals surface area contributed by atoms with E-state index < -0.39 is 17.5 Å². The van der Waals surface area contributed by atoms with Gasteiger partial charge in [0.15, 0.2) is 23.6 Å².